The Bertz CT molecular complexity index is 555. The van der Waals surface area contributed by atoms with E-state index in [-0.39, 0.29) is 17.2 Å². The van der Waals surface area contributed by atoms with E-state index in [2.05, 4.69) is 0 Å². The molecule has 0 amide bonds. The van der Waals surface area contributed by atoms with Gasteiger partial charge in [0.15, 0.2) is 0 Å². The Balaban J connectivity index is 2.17. The molecule has 0 bridgehead atoms. The maximum atomic E-state index is 12.6. The van der Waals surface area contributed by atoms with Crippen LogP contribution in [0.4, 0.5) is 5.69 Å². The summed E-state index contributed by atoms with van der Waals surface area (Å²) >= 11 is 0. The molecule has 1 aromatic rings. The van der Waals surface area contributed by atoms with Crippen molar-refractivity contribution in [3.8, 4) is 0 Å². The van der Waals surface area contributed by atoms with Gasteiger partial charge in [-0.05, 0) is 36.0 Å². The number of nitrogens with zero attached hydrogens (tertiary/aromatic N) is 1. The Kier molecular flexibility index (Phi) is 4.12. The van der Waals surface area contributed by atoms with Crippen LogP contribution in [-0.2, 0) is 16.6 Å². The van der Waals surface area contributed by atoms with Crippen LogP contribution in [0.25, 0.3) is 0 Å². The molecule has 0 atom stereocenters. The molecular weight excluding hydrogens is 272 g/mol. The topological polar surface area (TPSA) is 63.4 Å². The predicted molar refractivity (Wildman–Crippen MR) is 82.7 cm³/mol. The van der Waals surface area contributed by atoms with Gasteiger partial charge in [0.2, 0.25) is 10.0 Å². The molecule has 0 radical (unpaired) electrons. The Morgan fingerprint density at radius 2 is 1.75 bits per heavy atom. The van der Waals surface area contributed by atoms with E-state index in [4.69, 9.17) is 5.73 Å². The second kappa shape index (κ2) is 5.37. The Hall–Kier alpha value is -1.07. The summed E-state index contributed by atoms with van der Waals surface area (Å²) < 4.78 is 26.9. The first-order valence-corrected chi connectivity index (χ1v) is 8.62. The Labute approximate surface area is 122 Å². The zero-order chi connectivity index (χ0) is 15.0. The molecule has 1 aliphatic carbocycles. The molecule has 4 nitrogen and oxygen atoms in total. The summed E-state index contributed by atoms with van der Waals surface area (Å²) in [5.74, 6) is 0.186. The maximum absolute atomic E-state index is 12.6. The van der Waals surface area contributed by atoms with Gasteiger partial charge in [0.1, 0.15) is 0 Å². The van der Waals surface area contributed by atoms with Gasteiger partial charge in [-0.2, -0.15) is 4.31 Å². The van der Waals surface area contributed by atoms with Crippen LogP contribution in [0, 0.1) is 5.41 Å². The standard InChI is InChI=1S/C15H24N2O2S/c1-15(2,3)11-20(18,19)17(14-8-9-14)10-12-4-6-13(16)7-5-12/h4-7,14H,8-11,16H2,1-3H3. The molecule has 1 saturated carbocycles. The highest BCUT2D eigenvalue weighted by molar-refractivity contribution is 7.89. The molecule has 0 saturated heterocycles. The van der Waals surface area contributed by atoms with Crippen molar-refractivity contribution < 1.29 is 8.42 Å². The molecule has 1 aliphatic rings. The van der Waals surface area contributed by atoms with E-state index in [1.54, 1.807) is 4.31 Å². The minimum atomic E-state index is -3.22. The van der Waals surface area contributed by atoms with Crippen LogP contribution in [0.5, 0.6) is 0 Å². The first kappa shape index (κ1) is 15.3. The van der Waals surface area contributed by atoms with Gasteiger partial charge in [-0.15, -0.1) is 0 Å². The SMILES string of the molecule is CC(C)(C)CS(=O)(=O)N(Cc1ccc(N)cc1)C1CC1. The number of benzene rings is 1. The maximum Gasteiger partial charge on any atom is 0.215 e. The van der Waals surface area contributed by atoms with Crippen molar-refractivity contribution in [3.63, 3.8) is 0 Å². The van der Waals surface area contributed by atoms with E-state index in [1.807, 2.05) is 45.0 Å². The highest BCUT2D eigenvalue weighted by Gasteiger charge is 2.38. The van der Waals surface area contributed by atoms with Gasteiger partial charge >= 0.3 is 0 Å². The minimum Gasteiger partial charge on any atom is -0.399 e. The molecule has 2 rings (SSSR count). The van der Waals surface area contributed by atoms with Crippen LogP contribution in [0.15, 0.2) is 24.3 Å². The molecule has 2 N–H and O–H groups in total. The highest BCUT2D eigenvalue weighted by atomic mass is 32.2. The fourth-order valence-electron chi connectivity index (χ4n) is 2.25. The zero-order valence-electron chi connectivity index (χ0n) is 12.5. The molecule has 1 aromatic carbocycles. The first-order chi connectivity index (χ1) is 9.17. The number of nitrogens with two attached hydrogens (primary N) is 1. The van der Waals surface area contributed by atoms with Crippen LogP contribution in [-0.4, -0.2) is 24.5 Å². The van der Waals surface area contributed by atoms with E-state index < -0.39 is 10.0 Å². The van der Waals surface area contributed by atoms with E-state index in [0.717, 1.165) is 18.4 Å². The Morgan fingerprint density at radius 1 is 1.20 bits per heavy atom. The third-order valence-electron chi connectivity index (χ3n) is 3.24. The summed E-state index contributed by atoms with van der Waals surface area (Å²) in [5.41, 5.74) is 7.13. The van der Waals surface area contributed by atoms with Crippen LogP contribution in [0.3, 0.4) is 0 Å². The van der Waals surface area contributed by atoms with E-state index in [0.29, 0.717) is 12.2 Å². The van der Waals surface area contributed by atoms with Gasteiger partial charge in [0, 0.05) is 18.3 Å². The summed E-state index contributed by atoms with van der Waals surface area (Å²) in [6.07, 6.45) is 1.94. The molecule has 0 aliphatic heterocycles. The lowest BCUT2D eigenvalue weighted by molar-refractivity contribution is 0.378. The number of anilines is 1. The van der Waals surface area contributed by atoms with Gasteiger partial charge < -0.3 is 5.73 Å². The van der Waals surface area contributed by atoms with Gasteiger partial charge in [0.25, 0.3) is 0 Å². The lowest BCUT2D eigenvalue weighted by Crippen LogP contribution is -2.38. The zero-order valence-corrected chi connectivity index (χ0v) is 13.3. The number of hydrogen-bond donors (Lipinski definition) is 1. The summed E-state index contributed by atoms with van der Waals surface area (Å²) in [5, 5.41) is 0. The molecule has 112 valence electrons. The van der Waals surface area contributed by atoms with E-state index in [9.17, 15) is 8.42 Å². The Morgan fingerprint density at radius 3 is 2.20 bits per heavy atom. The number of rotatable bonds is 5. The molecule has 0 heterocycles. The third kappa shape index (κ3) is 4.21. The van der Waals surface area contributed by atoms with Gasteiger partial charge in [0.05, 0.1) is 5.75 Å². The van der Waals surface area contributed by atoms with Crippen molar-refractivity contribution in [1.29, 1.82) is 0 Å². The van der Waals surface area contributed by atoms with E-state index >= 15 is 0 Å². The van der Waals surface area contributed by atoms with Crippen molar-refractivity contribution >= 4 is 15.7 Å². The lowest BCUT2D eigenvalue weighted by Gasteiger charge is -2.26. The molecule has 0 aromatic heterocycles. The summed E-state index contributed by atoms with van der Waals surface area (Å²) in [6, 6.07) is 7.61. The largest absolute Gasteiger partial charge is 0.399 e. The molecule has 20 heavy (non-hydrogen) atoms. The van der Waals surface area contributed by atoms with Crippen molar-refractivity contribution in [2.45, 2.75) is 46.2 Å². The summed E-state index contributed by atoms with van der Waals surface area (Å²) in [7, 11) is -3.22. The lowest BCUT2D eigenvalue weighted by atomic mass is 10.0. The van der Waals surface area contributed by atoms with Crippen LogP contribution in [0.2, 0.25) is 0 Å². The molecule has 0 unspecified atom stereocenters. The van der Waals surface area contributed by atoms with Gasteiger partial charge in [-0.25, -0.2) is 8.42 Å². The number of hydrogen-bond acceptors (Lipinski definition) is 3. The van der Waals surface area contributed by atoms with Crippen molar-refractivity contribution in [1.82, 2.24) is 4.31 Å². The van der Waals surface area contributed by atoms with Crippen LogP contribution >= 0.6 is 0 Å². The predicted octanol–water partition coefficient (Wildman–Crippen LogP) is 2.61. The van der Waals surface area contributed by atoms with Crippen molar-refractivity contribution in [2.24, 2.45) is 5.41 Å². The average Bonchev–Trinajstić information content (AvgIpc) is 3.08. The quantitative estimate of drug-likeness (QED) is 0.850. The third-order valence-corrected chi connectivity index (χ3v) is 5.62. The van der Waals surface area contributed by atoms with E-state index in [1.165, 1.54) is 0 Å². The summed E-state index contributed by atoms with van der Waals surface area (Å²) in [6.45, 7) is 6.32. The molecular formula is C15H24N2O2S. The normalized spacial score (nSPS) is 16.6. The van der Waals surface area contributed by atoms with Gasteiger partial charge in [-0.1, -0.05) is 32.9 Å². The van der Waals surface area contributed by atoms with Crippen LogP contribution < -0.4 is 5.73 Å². The van der Waals surface area contributed by atoms with Crippen molar-refractivity contribution in [2.75, 3.05) is 11.5 Å². The molecule has 1 fully saturated rings. The minimum absolute atomic E-state index is 0.180. The monoisotopic (exact) mass is 296 g/mol. The number of nitrogen functional groups attached to an aromatic ring is 1. The molecule has 5 heteroatoms. The smallest absolute Gasteiger partial charge is 0.215 e. The molecule has 0 spiro atoms. The average molecular weight is 296 g/mol. The summed E-state index contributed by atoms with van der Waals surface area (Å²) in [4.78, 5) is 0. The van der Waals surface area contributed by atoms with Crippen LogP contribution in [0.1, 0.15) is 39.2 Å². The second-order valence-electron chi connectivity index (χ2n) is 6.83. The number of sulfonamides is 1. The highest BCUT2D eigenvalue weighted by Crippen LogP contribution is 2.33. The van der Waals surface area contributed by atoms with Crippen molar-refractivity contribution in [3.05, 3.63) is 29.8 Å². The second-order valence-corrected chi connectivity index (χ2v) is 8.76. The fourth-order valence-corrected chi connectivity index (χ4v) is 4.52. The fraction of sp³-hybridized carbons (Fsp3) is 0.600. The first-order valence-electron chi connectivity index (χ1n) is 7.01. The van der Waals surface area contributed by atoms with Gasteiger partial charge in [-0.3, -0.25) is 0 Å².